The Labute approximate surface area is 810 Å². The van der Waals surface area contributed by atoms with E-state index in [1.807, 2.05) is 151 Å². The number of phenols is 3. The average Bonchev–Trinajstić information content (AvgIpc) is 0.813. The van der Waals surface area contributed by atoms with Crippen LogP contribution in [-0.4, -0.2) is 54.0 Å². The van der Waals surface area contributed by atoms with Gasteiger partial charge in [0.2, 0.25) is 0 Å². The smallest absolute Gasteiger partial charge is 1.00 e. The van der Waals surface area contributed by atoms with Gasteiger partial charge in [0.25, 0.3) is 0 Å². The molecule has 0 saturated carbocycles. The zero-order valence-electron chi connectivity index (χ0n) is 68.3. The van der Waals surface area contributed by atoms with Gasteiger partial charge in [-0.15, -0.1) is 24.8 Å². The standard InChI is InChI=1S/C38H38IO6S.C30H21IO4S.C18H12F2IS.C10H14O3.4ClH.Na.H/c1-5-40-27(3)42-30-9-13-32(14-10-30)44-34-17-23-37(24-18-34)46(36-21-7-29(39)8-22-36)38-25-19-35(20-26-38)45-33-15-11-31(12-16-33)43-28(4)41-6-2;31-21-1-15-28(16-2-21)36(29-17-11-26(12-18-29)34-24-7-3-22(32)4-8-24)30-19-13-27(14-20-30)35-25-9-5-23(33)6-10-25;19-13-1-7-16(8-2-13)22(17-9-3-14(20)4-10-17)18-11-5-15(21)6-12-18;1-3-12-8(2)13-10-6-4-9(11)5-7-10;;;;;;/h7-28H,5-6H2,1-4H3;1-20H,(H-,32,33);1-12H;4-8,11H,3H2,1-2H3;4*1H;;/q+1;;+1;;;;;;+1;-1/p-1. The summed E-state index contributed by atoms with van der Waals surface area (Å²) < 4.78 is 87.1. The Morgan fingerprint density at radius 1 is 0.254 bits per heavy atom. The third kappa shape index (κ3) is 33.0. The number of halogens is 9. The molecule has 3 atom stereocenters. The van der Waals surface area contributed by atoms with Gasteiger partial charge in [0.05, 0.1) is 32.7 Å². The van der Waals surface area contributed by atoms with Crippen LogP contribution in [0.4, 0.5) is 8.78 Å². The van der Waals surface area contributed by atoms with E-state index < -0.39 is 0 Å². The molecule has 0 fully saturated rings. The minimum atomic E-state index is -0.376. The maximum absolute atomic E-state index is 13.2. The first-order valence-corrected chi connectivity index (χ1v) is 44.2. The summed E-state index contributed by atoms with van der Waals surface area (Å²) in [4.78, 5) is 10.3. The van der Waals surface area contributed by atoms with Crippen LogP contribution in [0, 0.1) is 22.3 Å². The van der Waals surface area contributed by atoms with Crippen LogP contribution >= 0.6 is 92.6 Å². The van der Waals surface area contributed by atoms with Gasteiger partial charge in [0, 0.05) is 30.5 Å². The van der Waals surface area contributed by atoms with E-state index in [1.165, 1.54) is 60.8 Å². The molecule has 0 amide bonds. The molecule has 14 rings (SSSR count). The molecular formula is C96H89Cl4F2I3NaO13S3+. The predicted octanol–water partition coefficient (Wildman–Crippen LogP) is 18.7. The molecule has 632 valence electrons. The van der Waals surface area contributed by atoms with Crippen LogP contribution in [0.2, 0.25) is 0 Å². The molecular weight excluding hydrogens is 2040 g/mol. The fraction of sp³-hybridized carbons (Fsp3) is 0.125. The topological polar surface area (TPSA) is 153 Å². The van der Waals surface area contributed by atoms with Gasteiger partial charge in [0.15, 0.2) is 62.9 Å². The van der Waals surface area contributed by atoms with E-state index in [-0.39, 0.29) is 161 Å². The number of ether oxygens (including phenoxy) is 10. The molecule has 14 aromatic carbocycles. The van der Waals surface area contributed by atoms with Gasteiger partial charge < -0.3 is 88.9 Å². The van der Waals surface area contributed by atoms with Crippen molar-refractivity contribution in [3.63, 3.8) is 0 Å². The molecule has 0 radical (unpaired) electrons. The van der Waals surface area contributed by atoms with Crippen LogP contribution in [-0.2, 0) is 46.9 Å². The number of aromatic hydroxyl groups is 3. The Kier molecular flexibility index (Phi) is 45.2. The van der Waals surface area contributed by atoms with Gasteiger partial charge in [-0.1, -0.05) is 0 Å². The van der Waals surface area contributed by atoms with E-state index in [4.69, 9.17) is 52.5 Å². The van der Waals surface area contributed by atoms with E-state index in [9.17, 15) is 19.0 Å². The van der Waals surface area contributed by atoms with Crippen LogP contribution in [0.3, 0.4) is 0 Å². The summed E-state index contributed by atoms with van der Waals surface area (Å²) in [6.07, 6.45) is -0.860. The van der Waals surface area contributed by atoms with Gasteiger partial charge >= 0.3 is 29.6 Å². The van der Waals surface area contributed by atoms with Gasteiger partial charge in [-0.3, -0.25) is 0 Å². The minimum Gasteiger partial charge on any atom is -1.00 e. The molecule has 0 aliphatic heterocycles. The molecule has 0 aliphatic carbocycles. The van der Waals surface area contributed by atoms with Crippen molar-refractivity contribution in [2.75, 3.05) is 19.8 Å². The van der Waals surface area contributed by atoms with E-state index in [0.29, 0.717) is 37.1 Å². The van der Waals surface area contributed by atoms with Crippen molar-refractivity contribution in [1.82, 2.24) is 0 Å². The fourth-order valence-electron chi connectivity index (χ4n) is 11.3. The van der Waals surface area contributed by atoms with E-state index in [0.717, 1.165) is 64.3 Å². The molecule has 0 aliphatic rings. The third-order valence-electron chi connectivity index (χ3n) is 16.7. The van der Waals surface area contributed by atoms with Crippen LogP contribution in [0.1, 0.15) is 43.0 Å². The number of hydrogen-bond donors (Lipinski definition) is 3. The first kappa shape index (κ1) is 103. The largest absolute Gasteiger partial charge is 1.00 e. The van der Waals surface area contributed by atoms with E-state index in [1.54, 1.807) is 97.1 Å². The van der Waals surface area contributed by atoms with Crippen molar-refractivity contribution < 1.29 is 127 Å². The number of hydrogen-bond acceptors (Lipinski definition) is 13. The molecule has 3 N–H and O–H groups in total. The Morgan fingerprint density at radius 3 is 0.574 bits per heavy atom. The summed E-state index contributed by atoms with van der Waals surface area (Å²) in [5.74, 6) is 8.09. The van der Waals surface area contributed by atoms with Crippen LogP contribution in [0.5, 0.6) is 80.5 Å². The summed E-state index contributed by atoms with van der Waals surface area (Å²) in [6.45, 7) is 13.2. The summed E-state index contributed by atoms with van der Waals surface area (Å²) in [5.41, 5.74) is 0. The van der Waals surface area contributed by atoms with E-state index in [2.05, 4.69) is 177 Å². The normalized spacial score (nSPS) is 11.4. The summed E-state index contributed by atoms with van der Waals surface area (Å²) in [6, 6.07) is 106. The first-order valence-electron chi connectivity index (χ1n) is 37.3. The Hall–Kier alpha value is -7.78. The molecule has 13 nitrogen and oxygen atoms in total. The Balaban J connectivity index is 0.000000310. The van der Waals surface area contributed by atoms with Crippen LogP contribution in [0.15, 0.2) is 384 Å². The second kappa shape index (κ2) is 53.5. The quantitative estimate of drug-likeness (QED) is 0.0177. The molecule has 0 spiro atoms. The number of rotatable bonds is 29. The predicted molar refractivity (Wildman–Crippen MR) is 501 cm³/mol. The monoisotopic (exact) mass is 2130 g/mol. The van der Waals surface area contributed by atoms with Crippen molar-refractivity contribution in [3.05, 3.63) is 362 Å². The zero-order valence-corrected chi connectivity index (χ0v) is 81.4. The summed E-state index contributed by atoms with van der Waals surface area (Å²) in [5, 5.41) is 28.0. The van der Waals surface area contributed by atoms with Crippen LogP contribution in [0.25, 0.3) is 0 Å². The molecule has 14 aromatic rings. The second-order valence-electron chi connectivity index (χ2n) is 25.3. The molecule has 0 heterocycles. The van der Waals surface area contributed by atoms with Gasteiger partial charge in [0.1, 0.15) is 92.1 Å². The van der Waals surface area contributed by atoms with Gasteiger partial charge in [-0.05, 0) is 449 Å². The number of benzene rings is 14. The first-order chi connectivity index (χ1) is 56.8. The maximum Gasteiger partial charge on any atom is 1.00 e. The Morgan fingerprint density at radius 2 is 0.393 bits per heavy atom. The molecule has 26 heteroatoms. The molecule has 122 heavy (non-hydrogen) atoms. The molecule has 0 bridgehead atoms. The Bertz CT molecular complexity index is 5010. The van der Waals surface area contributed by atoms with Crippen molar-refractivity contribution in [3.8, 4) is 80.5 Å². The zero-order chi connectivity index (χ0) is 82.4. The molecule has 0 saturated heterocycles. The summed E-state index contributed by atoms with van der Waals surface area (Å²) >= 11 is 6.93. The second-order valence-corrected chi connectivity index (χ2v) is 35.1. The molecule has 3 unspecified atom stereocenters. The van der Waals surface area contributed by atoms with Gasteiger partial charge in [-0.2, -0.15) is 0 Å². The maximum atomic E-state index is 13.2. The van der Waals surface area contributed by atoms with E-state index >= 15 is 0 Å². The van der Waals surface area contributed by atoms with Crippen molar-refractivity contribution in [2.24, 2.45) is 0 Å². The van der Waals surface area contributed by atoms with Gasteiger partial charge in [-0.25, -0.2) is 8.78 Å². The minimum absolute atomic E-state index is 0. The van der Waals surface area contributed by atoms with Crippen molar-refractivity contribution in [2.45, 2.75) is 104 Å². The van der Waals surface area contributed by atoms with Crippen molar-refractivity contribution >= 4 is 125 Å². The molecule has 0 aromatic heterocycles. The average molecular weight is 2130 g/mol. The third-order valence-corrected chi connectivity index (χ3v) is 25.5. The number of phenolic OH excluding ortho intramolecular Hbond substituents is 3. The SMILES string of the molecule is CCOC(C)Oc1ccc(O)cc1.CCOC(C)Oc1ccc(Oc2ccc([S+](c3ccc(I)cc3)c3ccc(Oc4ccc(OC(C)OCC)cc4)cc3)cc2)cc1.Cl.Cl.Fc1ccc([S+](c2ccc(F)cc2)c2ccc(I)cc2)cc1.Oc1ccc(Oc2ccc([S+](c3ccc(I)cc3)c3ccc(Oc4ccc(O)cc4)cc3)cc2)cc1.[Cl-].[Cl-].[H-].[Na+]. The summed E-state index contributed by atoms with van der Waals surface area (Å²) in [7, 11) is -1.02. The van der Waals surface area contributed by atoms with Crippen LogP contribution < -0.4 is 87.5 Å². The fourth-order valence-corrected chi connectivity index (χ4v) is 18.5. The van der Waals surface area contributed by atoms with Crippen molar-refractivity contribution in [1.29, 1.82) is 0 Å².